The highest BCUT2D eigenvalue weighted by Gasteiger charge is 2.22. The Kier molecular flexibility index (Phi) is 4.38. The quantitative estimate of drug-likeness (QED) is 0.611. The third-order valence-corrected chi connectivity index (χ3v) is 2.51. The molecule has 2 aromatic rings. The largest absolute Gasteiger partial charge is 0.364 e. The molecule has 0 atom stereocenters. The van der Waals surface area contributed by atoms with E-state index >= 15 is 0 Å². The number of nitrogens with zero attached hydrogens (tertiary/aromatic N) is 4. The molecule has 0 amide bonds. The van der Waals surface area contributed by atoms with Gasteiger partial charge in [0.25, 0.3) is 0 Å². The van der Waals surface area contributed by atoms with Crippen molar-refractivity contribution in [3.63, 3.8) is 0 Å². The minimum absolute atomic E-state index is 0.162. The lowest BCUT2D eigenvalue weighted by atomic mass is 10.3. The van der Waals surface area contributed by atoms with E-state index in [9.17, 15) is 10.1 Å². The predicted molar refractivity (Wildman–Crippen MR) is 74.4 cm³/mol. The Morgan fingerprint density at radius 1 is 1.20 bits per heavy atom. The molecule has 2 heterocycles. The molecule has 8 nitrogen and oxygen atoms in total. The summed E-state index contributed by atoms with van der Waals surface area (Å²) in [7, 11) is 0. The average Bonchev–Trinajstić information content (AvgIpc) is 2.46. The summed E-state index contributed by atoms with van der Waals surface area (Å²) in [6.45, 7) is 2.73. The van der Waals surface area contributed by atoms with Gasteiger partial charge in [-0.3, -0.25) is 15.1 Å². The van der Waals surface area contributed by atoms with Gasteiger partial charge in [-0.2, -0.15) is 0 Å². The Morgan fingerprint density at radius 3 is 2.55 bits per heavy atom. The first-order valence-corrected chi connectivity index (χ1v) is 6.09. The average molecular weight is 274 g/mol. The van der Waals surface area contributed by atoms with Crippen molar-refractivity contribution >= 4 is 17.3 Å². The normalized spacial score (nSPS) is 10.1. The molecule has 0 unspecified atom stereocenters. The fourth-order valence-corrected chi connectivity index (χ4v) is 1.65. The fourth-order valence-electron chi connectivity index (χ4n) is 1.65. The summed E-state index contributed by atoms with van der Waals surface area (Å²) in [5, 5.41) is 16.9. The van der Waals surface area contributed by atoms with Crippen molar-refractivity contribution in [1.82, 2.24) is 15.0 Å². The minimum atomic E-state index is -0.501. The molecule has 0 spiro atoms. The Bertz CT molecular complexity index is 590. The van der Waals surface area contributed by atoms with E-state index in [0.29, 0.717) is 13.1 Å². The van der Waals surface area contributed by atoms with E-state index in [1.807, 2.05) is 19.1 Å². The first-order valence-electron chi connectivity index (χ1n) is 6.09. The Balaban J connectivity index is 2.22. The number of nitrogens with one attached hydrogen (secondary N) is 2. The van der Waals surface area contributed by atoms with E-state index in [1.54, 1.807) is 12.3 Å². The summed E-state index contributed by atoms with van der Waals surface area (Å²) in [4.78, 5) is 22.6. The van der Waals surface area contributed by atoms with Crippen molar-refractivity contribution in [2.45, 2.75) is 13.5 Å². The molecular weight excluding hydrogens is 260 g/mol. The molecule has 0 saturated heterocycles. The monoisotopic (exact) mass is 274 g/mol. The summed E-state index contributed by atoms with van der Waals surface area (Å²) in [5.74, 6) is 0.377. The van der Waals surface area contributed by atoms with Gasteiger partial charge in [-0.25, -0.2) is 9.97 Å². The molecule has 0 saturated carbocycles. The molecule has 2 aromatic heterocycles. The van der Waals surface area contributed by atoms with Gasteiger partial charge in [-0.05, 0) is 19.1 Å². The predicted octanol–water partition coefficient (Wildman–Crippen LogP) is 1.82. The first-order chi connectivity index (χ1) is 9.72. The second-order valence-electron chi connectivity index (χ2n) is 3.88. The van der Waals surface area contributed by atoms with Crippen molar-refractivity contribution in [3.8, 4) is 0 Å². The topological polar surface area (TPSA) is 106 Å². The lowest BCUT2D eigenvalue weighted by Crippen LogP contribution is -2.10. The van der Waals surface area contributed by atoms with Gasteiger partial charge in [0.05, 0.1) is 17.2 Å². The summed E-state index contributed by atoms with van der Waals surface area (Å²) in [6.07, 6.45) is 2.95. The number of aromatic nitrogens is 3. The molecule has 0 radical (unpaired) electrons. The number of anilines is 2. The molecule has 20 heavy (non-hydrogen) atoms. The lowest BCUT2D eigenvalue weighted by molar-refractivity contribution is -0.383. The lowest BCUT2D eigenvalue weighted by Gasteiger charge is -2.08. The maximum absolute atomic E-state index is 11.2. The molecule has 2 rings (SSSR count). The van der Waals surface area contributed by atoms with Crippen molar-refractivity contribution in [2.75, 3.05) is 17.2 Å². The summed E-state index contributed by atoms with van der Waals surface area (Å²) >= 11 is 0. The van der Waals surface area contributed by atoms with E-state index in [1.165, 1.54) is 6.33 Å². The van der Waals surface area contributed by atoms with Crippen molar-refractivity contribution in [1.29, 1.82) is 0 Å². The van der Waals surface area contributed by atoms with Crippen molar-refractivity contribution in [3.05, 3.63) is 46.5 Å². The molecule has 0 aliphatic carbocycles. The highest BCUT2D eigenvalue weighted by atomic mass is 16.6. The SMILES string of the molecule is CCNc1ncnc(NCc2ccccn2)c1[N+](=O)[O-]. The third kappa shape index (κ3) is 3.16. The fraction of sp³-hybridized carbons (Fsp3) is 0.250. The van der Waals surface area contributed by atoms with E-state index in [4.69, 9.17) is 0 Å². The van der Waals surface area contributed by atoms with Crippen LogP contribution >= 0.6 is 0 Å². The van der Waals surface area contributed by atoms with Gasteiger partial charge in [0.1, 0.15) is 6.33 Å². The van der Waals surface area contributed by atoms with Crippen LogP contribution in [0.25, 0.3) is 0 Å². The molecule has 0 aliphatic rings. The van der Waals surface area contributed by atoms with Crippen LogP contribution in [0, 0.1) is 10.1 Å². The first kappa shape index (κ1) is 13.7. The van der Waals surface area contributed by atoms with Gasteiger partial charge >= 0.3 is 5.69 Å². The molecular formula is C12H14N6O2. The van der Waals surface area contributed by atoms with Crippen LogP contribution in [0.1, 0.15) is 12.6 Å². The van der Waals surface area contributed by atoms with E-state index in [-0.39, 0.29) is 17.3 Å². The number of pyridine rings is 1. The Labute approximate surface area is 115 Å². The van der Waals surface area contributed by atoms with Gasteiger partial charge in [0, 0.05) is 12.7 Å². The highest BCUT2D eigenvalue weighted by Crippen LogP contribution is 2.28. The van der Waals surface area contributed by atoms with E-state index < -0.39 is 4.92 Å². The van der Waals surface area contributed by atoms with Crippen LogP contribution in [0.4, 0.5) is 17.3 Å². The van der Waals surface area contributed by atoms with E-state index in [2.05, 4.69) is 25.6 Å². The molecule has 104 valence electrons. The van der Waals surface area contributed by atoms with Crippen LogP contribution in [0.5, 0.6) is 0 Å². The van der Waals surface area contributed by atoms with Gasteiger partial charge in [0.2, 0.25) is 11.6 Å². The molecule has 8 heteroatoms. The van der Waals surface area contributed by atoms with Crippen LogP contribution < -0.4 is 10.6 Å². The number of rotatable bonds is 6. The van der Waals surface area contributed by atoms with Gasteiger partial charge in [-0.1, -0.05) is 6.07 Å². The second kappa shape index (κ2) is 6.41. The zero-order chi connectivity index (χ0) is 14.4. The van der Waals surface area contributed by atoms with Crippen LogP contribution in [0.15, 0.2) is 30.7 Å². The smallest absolute Gasteiger partial charge is 0.353 e. The number of hydrogen-bond acceptors (Lipinski definition) is 7. The highest BCUT2D eigenvalue weighted by molar-refractivity contribution is 5.69. The molecule has 0 fully saturated rings. The van der Waals surface area contributed by atoms with Crippen molar-refractivity contribution < 1.29 is 4.92 Å². The van der Waals surface area contributed by atoms with Crippen molar-refractivity contribution in [2.24, 2.45) is 0 Å². The van der Waals surface area contributed by atoms with Gasteiger partial charge in [-0.15, -0.1) is 0 Å². The Morgan fingerprint density at radius 2 is 1.95 bits per heavy atom. The zero-order valence-electron chi connectivity index (χ0n) is 10.9. The number of hydrogen-bond donors (Lipinski definition) is 2. The van der Waals surface area contributed by atoms with Gasteiger partial charge in [0.15, 0.2) is 0 Å². The minimum Gasteiger partial charge on any atom is -0.364 e. The Hall–Kier alpha value is -2.77. The molecule has 2 N–H and O–H groups in total. The molecule has 0 aromatic carbocycles. The molecule has 0 aliphatic heterocycles. The second-order valence-corrected chi connectivity index (χ2v) is 3.88. The summed E-state index contributed by atoms with van der Waals surface area (Å²) < 4.78 is 0. The number of nitro groups is 1. The van der Waals surface area contributed by atoms with Crippen LogP contribution in [-0.2, 0) is 6.54 Å². The van der Waals surface area contributed by atoms with Crippen LogP contribution in [-0.4, -0.2) is 26.4 Å². The summed E-state index contributed by atoms with van der Waals surface area (Å²) in [6, 6.07) is 5.48. The maximum atomic E-state index is 11.2. The maximum Gasteiger partial charge on any atom is 0.353 e. The summed E-state index contributed by atoms with van der Waals surface area (Å²) in [5.41, 5.74) is 0.607. The standard InChI is InChI=1S/C12H14N6O2/c1-2-13-11-10(18(19)20)12(17-8-16-11)15-7-9-5-3-4-6-14-9/h3-6,8H,2,7H2,1H3,(H2,13,15,16,17). The van der Waals surface area contributed by atoms with E-state index in [0.717, 1.165) is 5.69 Å². The van der Waals surface area contributed by atoms with Gasteiger partial charge < -0.3 is 10.6 Å². The van der Waals surface area contributed by atoms with Crippen LogP contribution in [0.3, 0.4) is 0 Å². The van der Waals surface area contributed by atoms with Crippen LogP contribution in [0.2, 0.25) is 0 Å². The zero-order valence-corrected chi connectivity index (χ0v) is 10.9. The third-order valence-electron chi connectivity index (χ3n) is 2.51. The molecule has 0 bridgehead atoms.